The van der Waals surface area contributed by atoms with Gasteiger partial charge < -0.3 is 14.8 Å². The number of hydrogen-bond donors (Lipinski definition) is 1. The van der Waals surface area contributed by atoms with E-state index in [1.165, 1.54) is 7.11 Å². The number of benzene rings is 3. The van der Waals surface area contributed by atoms with E-state index in [4.69, 9.17) is 9.47 Å². The quantitative estimate of drug-likeness (QED) is 0.314. The molecule has 3 aromatic rings. The van der Waals surface area contributed by atoms with Crippen LogP contribution in [0.15, 0.2) is 83.6 Å². The number of carbonyl (C=O) groups excluding carboxylic acids is 2. The second-order valence-electron chi connectivity index (χ2n) is 8.50. The number of ether oxygens (including phenoxy) is 2. The number of nitriles is 1. The number of allylic oxidation sites excluding steroid dienone is 2. The van der Waals surface area contributed by atoms with Gasteiger partial charge in [-0.1, -0.05) is 48.5 Å². The minimum atomic E-state index is -0.588. The Kier molecular flexibility index (Phi) is 6.37. The maximum Gasteiger partial charge on any atom is 0.336 e. The third-order valence-electron chi connectivity index (χ3n) is 6.46. The minimum Gasteiger partial charge on any atom is -0.488 e. The summed E-state index contributed by atoms with van der Waals surface area (Å²) in [7, 11) is 1.34. The molecular formula is C29H21IN2O4. The second kappa shape index (κ2) is 9.63. The molecule has 178 valence electrons. The first kappa shape index (κ1) is 23.8. The molecule has 0 fully saturated rings. The van der Waals surface area contributed by atoms with E-state index in [1.807, 2.05) is 67.6 Å². The van der Waals surface area contributed by atoms with E-state index < -0.39 is 11.9 Å². The summed E-state index contributed by atoms with van der Waals surface area (Å²) in [5, 5.41) is 12.6. The zero-order chi connectivity index (χ0) is 25.4. The van der Waals surface area contributed by atoms with Gasteiger partial charge in [-0.15, -0.1) is 0 Å². The van der Waals surface area contributed by atoms with Crippen LogP contribution in [0, 0.1) is 14.9 Å². The summed E-state index contributed by atoms with van der Waals surface area (Å²) in [6, 6.07) is 22.6. The van der Waals surface area contributed by atoms with Crippen molar-refractivity contribution in [2.75, 3.05) is 7.11 Å². The lowest BCUT2D eigenvalue weighted by atomic mass is 9.80. The van der Waals surface area contributed by atoms with E-state index in [0.29, 0.717) is 33.7 Å². The Labute approximate surface area is 222 Å². The summed E-state index contributed by atoms with van der Waals surface area (Å²) in [6.45, 7) is 2.07. The summed E-state index contributed by atoms with van der Waals surface area (Å²) < 4.78 is 12.0. The van der Waals surface area contributed by atoms with Gasteiger partial charge in [-0.3, -0.25) is 4.79 Å². The summed E-state index contributed by atoms with van der Waals surface area (Å²) in [4.78, 5) is 26.4. The van der Waals surface area contributed by atoms with Crippen molar-refractivity contribution >= 4 is 40.0 Å². The minimum absolute atomic E-state index is 0.101. The zero-order valence-corrected chi connectivity index (χ0v) is 21.8. The number of dihydropyridines is 1. The molecule has 0 unspecified atom stereocenters. The van der Waals surface area contributed by atoms with Crippen LogP contribution < -0.4 is 10.1 Å². The molecule has 3 aromatic carbocycles. The highest BCUT2D eigenvalue weighted by molar-refractivity contribution is 14.1. The van der Waals surface area contributed by atoms with Crippen LogP contribution in [0.4, 0.5) is 0 Å². The monoisotopic (exact) mass is 588 g/mol. The molecule has 36 heavy (non-hydrogen) atoms. The van der Waals surface area contributed by atoms with Gasteiger partial charge in [-0.05, 0) is 53.3 Å². The first-order chi connectivity index (χ1) is 17.4. The molecule has 0 amide bonds. The third-order valence-corrected chi connectivity index (χ3v) is 7.31. The summed E-state index contributed by atoms with van der Waals surface area (Å²) in [5.41, 5.74) is 5.93. The highest BCUT2D eigenvalue weighted by atomic mass is 127. The van der Waals surface area contributed by atoms with E-state index in [9.17, 15) is 14.9 Å². The first-order valence-electron chi connectivity index (χ1n) is 11.3. The maximum absolute atomic E-state index is 13.5. The van der Waals surface area contributed by atoms with Gasteiger partial charge in [0, 0.05) is 33.9 Å². The number of Topliss-reactive ketones (excluding diaryl/α,β-unsaturated/α-hetero) is 1. The summed E-state index contributed by atoms with van der Waals surface area (Å²) in [5.74, 6) is -0.522. The maximum atomic E-state index is 13.5. The Morgan fingerprint density at radius 3 is 2.53 bits per heavy atom. The number of nitrogens with one attached hydrogen (secondary N) is 1. The first-order valence-corrected chi connectivity index (χ1v) is 12.4. The lowest BCUT2D eigenvalue weighted by molar-refractivity contribution is -0.136. The van der Waals surface area contributed by atoms with Crippen LogP contribution in [0.2, 0.25) is 0 Å². The fourth-order valence-electron chi connectivity index (χ4n) is 4.77. The topological polar surface area (TPSA) is 88.4 Å². The van der Waals surface area contributed by atoms with Crippen LogP contribution in [0.1, 0.15) is 45.5 Å². The number of halogens is 1. The van der Waals surface area contributed by atoms with Gasteiger partial charge in [0.1, 0.15) is 12.4 Å². The summed E-state index contributed by atoms with van der Waals surface area (Å²) >= 11 is 2.19. The number of methoxy groups -OCH3 is 1. The van der Waals surface area contributed by atoms with E-state index >= 15 is 0 Å². The lowest BCUT2D eigenvalue weighted by Crippen LogP contribution is -2.29. The molecule has 2 aliphatic rings. The van der Waals surface area contributed by atoms with Crippen LogP contribution in [-0.4, -0.2) is 18.9 Å². The SMILES string of the molecule is COC(=O)C1=C(C)NC2=C(C(=O)c3ccccc32)[C@@H]1c1ccc(OCc2ccccc2C#N)c(I)c1. The van der Waals surface area contributed by atoms with Gasteiger partial charge in [0.05, 0.1) is 33.6 Å². The average Bonchev–Trinajstić information content (AvgIpc) is 3.18. The fourth-order valence-corrected chi connectivity index (χ4v) is 5.46. The average molecular weight is 588 g/mol. The largest absolute Gasteiger partial charge is 0.488 e. The molecule has 1 aliphatic carbocycles. The molecule has 0 saturated heterocycles. The van der Waals surface area contributed by atoms with Crippen molar-refractivity contribution in [2.45, 2.75) is 19.4 Å². The predicted molar refractivity (Wildman–Crippen MR) is 143 cm³/mol. The van der Waals surface area contributed by atoms with E-state index in [1.54, 1.807) is 6.07 Å². The van der Waals surface area contributed by atoms with Crippen molar-refractivity contribution in [1.82, 2.24) is 5.32 Å². The van der Waals surface area contributed by atoms with Gasteiger partial charge in [0.2, 0.25) is 0 Å². The molecule has 7 heteroatoms. The molecule has 0 radical (unpaired) electrons. The van der Waals surface area contributed by atoms with Gasteiger partial charge in [0.15, 0.2) is 5.78 Å². The van der Waals surface area contributed by atoms with Gasteiger partial charge >= 0.3 is 5.97 Å². The Morgan fingerprint density at radius 2 is 1.81 bits per heavy atom. The normalized spacial score (nSPS) is 16.2. The van der Waals surface area contributed by atoms with Crippen molar-refractivity contribution in [2.24, 2.45) is 0 Å². The Morgan fingerprint density at radius 1 is 1.08 bits per heavy atom. The molecule has 1 heterocycles. The molecule has 1 aliphatic heterocycles. The number of nitrogens with zero attached hydrogens (tertiary/aromatic N) is 1. The fraction of sp³-hybridized carbons (Fsp3) is 0.138. The highest BCUT2D eigenvalue weighted by Gasteiger charge is 2.42. The molecule has 1 atom stereocenters. The van der Waals surface area contributed by atoms with E-state index in [-0.39, 0.29) is 12.4 Å². The van der Waals surface area contributed by atoms with Gasteiger partial charge in [-0.2, -0.15) is 5.26 Å². The number of ketones is 1. The molecule has 0 saturated carbocycles. The highest BCUT2D eigenvalue weighted by Crippen LogP contribution is 2.47. The van der Waals surface area contributed by atoms with Gasteiger partial charge in [-0.25, -0.2) is 4.79 Å². The number of esters is 1. The predicted octanol–water partition coefficient (Wildman–Crippen LogP) is 5.48. The van der Waals surface area contributed by atoms with Crippen molar-refractivity contribution in [3.05, 3.63) is 115 Å². The Hall–Kier alpha value is -3.90. The number of rotatable bonds is 5. The summed E-state index contributed by atoms with van der Waals surface area (Å²) in [6.07, 6.45) is 0. The molecule has 0 bridgehead atoms. The van der Waals surface area contributed by atoms with E-state index in [0.717, 1.165) is 26.0 Å². The standard InChI is InChI=1S/C29H21IN2O4/c1-16-24(29(34)35-2)25(26-27(32-16)20-9-5-6-10-21(20)28(26)33)17-11-12-23(22(30)13-17)36-15-19-8-4-3-7-18(19)14-31/h3-13,25,32H,15H2,1-2H3/t25-/m1/s1. The Bertz CT molecular complexity index is 1530. The second-order valence-corrected chi connectivity index (χ2v) is 9.66. The number of carbonyl (C=O) groups is 2. The molecule has 1 N–H and O–H groups in total. The third kappa shape index (κ3) is 3.97. The van der Waals surface area contributed by atoms with E-state index in [2.05, 4.69) is 34.0 Å². The van der Waals surface area contributed by atoms with Crippen molar-refractivity contribution < 1.29 is 19.1 Å². The lowest BCUT2D eigenvalue weighted by Gasteiger charge is -2.29. The zero-order valence-electron chi connectivity index (χ0n) is 19.6. The smallest absolute Gasteiger partial charge is 0.336 e. The number of fused-ring (bicyclic) bond motifs is 2. The van der Waals surface area contributed by atoms with Crippen LogP contribution in [0.5, 0.6) is 5.75 Å². The molecule has 0 spiro atoms. The van der Waals surface area contributed by atoms with Crippen LogP contribution in [-0.2, 0) is 16.1 Å². The van der Waals surface area contributed by atoms with Crippen molar-refractivity contribution in [3.8, 4) is 11.8 Å². The molecule has 0 aromatic heterocycles. The Balaban J connectivity index is 1.54. The molecule has 5 rings (SSSR count). The number of hydrogen-bond acceptors (Lipinski definition) is 6. The van der Waals surface area contributed by atoms with Gasteiger partial charge in [0.25, 0.3) is 0 Å². The molecular weight excluding hydrogens is 567 g/mol. The van der Waals surface area contributed by atoms with Crippen molar-refractivity contribution in [1.29, 1.82) is 5.26 Å². The van der Waals surface area contributed by atoms with Crippen LogP contribution >= 0.6 is 22.6 Å². The van der Waals surface area contributed by atoms with Crippen molar-refractivity contribution in [3.63, 3.8) is 0 Å². The van der Waals surface area contributed by atoms with Crippen LogP contribution in [0.25, 0.3) is 5.70 Å². The van der Waals surface area contributed by atoms with Crippen LogP contribution in [0.3, 0.4) is 0 Å². The molecule has 6 nitrogen and oxygen atoms in total.